The summed E-state index contributed by atoms with van der Waals surface area (Å²) in [5.41, 5.74) is 2.19. The van der Waals surface area contributed by atoms with Gasteiger partial charge in [0.15, 0.2) is 5.96 Å². The minimum absolute atomic E-state index is 0. The van der Waals surface area contributed by atoms with Crippen LogP contribution in [0.4, 0.5) is 0 Å². The average molecular weight is 561 g/mol. The zero-order valence-electron chi connectivity index (χ0n) is 18.9. The van der Waals surface area contributed by atoms with E-state index in [1.54, 1.807) is 19.5 Å². The SMILES string of the molecule is CN=C(NCc1ccnc(OCc2ccccc2)c1)NCC(c1ccco1)N1CCCC1.I. The fourth-order valence-electron chi connectivity index (χ4n) is 3.91. The highest BCUT2D eigenvalue weighted by Gasteiger charge is 2.25. The standard InChI is InChI=1S/C25H31N5O2.HI/c1-26-25(29-18-22(23-10-7-15-31-23)30-13-5-6-14-30)28-17-21-11-12-27-24(16-21)32-19-20-8-3-2-4-9-20;/h2-4,7-12,15-16,22H,5-6,13-14,17-19H2,1H3,(H2,26,28,29);1H. The molecule has 2 N–H and O–H groups in total. The number of ether oxygens (including phenoxy) is 1. The number of halogens is 1. The van der Waals surface area contributed by atoms with Gasteiger partial charge in [0.1, 0.15) is 12.4 Å². The van der Waals surface area contributed by atoms with Crippen molar-refractivity contribution in [2.24, 2.45) is 4.99 Å². The molecule has 3 aromatic rings. The molecule has 1 aliphatic heterocycles. The van der Waals surface area contributed by atoms with Crippen molar-refractivity contribution in [1.29, 1.82) is 0 Å². The summed E-state index contributed by atoms with van der Waals surface area (Å²) in [5.74, 6) is 2.36. The Bertz CT molecular complexity index is 975. The van der Waals surface area contributed by atoms with Gasteiger partial charge in [0.25, 0.3) is 0 Å². The van der Waals surface area contributed by atoms with E-state index in [-0.39, 0.29) is 30.0 Å². The lowest BCUT2D eigenvalue weighted by molar-refractivity contribution is 0.215. The van der Waals surface area contributed by atoms with Gasteiger partial charge in [0, 0.05) is 32.4 Å². The Morgan fingerprint density at radius 2 is 1.91 bits per heavy atom. The molecule has 1 saturated heterocycles. The number of pyridine rings is 1. The van der Waals surface area contributed by atoms with Gasteiger partial charge >= 0.3 is 0 Å². The Morgan fingerprint density at radius 3 is 2.64 bits per heavy atom. The molecule has 0 spiro atoms. The van der Waals surface area contributed by atoms with E-state index >= 15 is 0 Å². The maximum Gasteiger partial charge on any atom is 0.213 e. The van der Waals surface area contributed by atoms with Crippen molar-refractivity contribution in [3.63, 3.8) is 0 Å². The van der Waals surface area contributed by atoms with Crippen molar-refractivity contribution >= 4 is 29.9 Å². The molecule has 33 heavy (non-hydrogen) atoms. The maximum atomic E-state index is 5.84. The molecule has 4 rings (SSSR count). The Morgan fingerprint density at radius 1 is 1.09 bits per heavy atom. The van der Waals surface area contributed by atoms with E-state index < -0.39 is 0 Å². The topological polar surface area (TPSA) is 74.9 Å². The molecular weight excluding hydrogens is 529 g/mol. The van der Waals surface area contributed by atoms with Crippen LogP contribution in [0.1, 0.15) is 35.8 Å². The monoisotopic (exact) mass is 561 g/mol. The zero-order valence-corrected chi connectivity index (χ0v) is 21.3. The molecule has 0 radical (unpaired) electrons. The molecule has 7 nitrogen and oxygen atoms in total. The molecule has 0 amide bonds. The lowest BCUT2D eigenvalue weighted by atomic mass is 10.2. The van der Waals surface area contributed by atoms with E-state index in [2.05, 4.69) is 31.6 Å². The Balaban J connectivity index is 0.00000306. The molecule has 2 aromatic heterocycles. The number of furan rings is 1. The fraction of sp³-hybridized carbons (Fsp3) is 0.360. The summed E-state index contributed by atoms with van der Waals surface area (Å²) in [6, 6.07) is 18.2. The minimum atomic E-state index is 0. The van der Waals surface area contributed by atoms with Gasteiger partial charge in [-0.15, -0.1) is 24.0 Å². The number of hydrogen-bond acceptors (Lipinski definition) is 5. The lowest BCUT2D eigenvalue weighted by Gasteiger charge is -2.26. The summed E-state index contributed by atoms with van der Waals surface area (Å²) in [6.07, 6.45) is 5.99. The first-order chi connectivity index (χ1) is 15.8. The van der Waals surface area contributed by atoms with Crippen molar-refractivity contribution in [2.45, 2.75) is 32.0 Å². The van der Waals surface area contributed by atoms with E-state index in [0.29, 0.717) is 19.0 Å². The number of likely N-dealkylation sites (tertiary alicyclic amines) is 1. The molecule has 0 bridgehead atoms. The van der Waals surface area contributed by atoms with Gasteiger partial charge in [0.05, 0.1) is 12.3 Å². The van der Waals surface area contributed by atoms with E-state index in [1.165, 1.54) is 12.8 Å². The van der Waals surface area contributed by atoms with Crippen molar-refractivity contribution in [3.05, 3.63) is 83.9 Å². The quantitative estimate of drug-likeness (QED) is 0.230. The number of guanidine groups is 1. The number of hydrogen-bond donors (Lipinski definition) is 2. The van der Waals surface area contributed by atoms with Gasteiger partial charge in [-0.3, -0.25) is 9.89 Å². The van der Waals surface area contributed by atoms with Crippen LogP contribution in [0, 0.1) is 0 Å². The van der Waals surface area contributed by atoms with E-state index in [9.17, 15) is 0 Å². The van der Waals surface area contributed by atoms with E-state index in [4.69, 9.17) is 9.15 Å². The summed E-state index contributed by atoms with van der Waals surface area (Å²) in [5, 5.41) is 6.84. The molecule has 0 aliphatic carbocycles. The first kappa shape index (κ1) is 25.0. The summed E-state index contributed by atoms with van der Waals surface area (Å²) < 4.78 is 11.6. The molecule has 1 unspecified atom stereocenters. The molecule has 3 heterocycles. The Kier molecular flexibility index (Phi) is 10.0. The molecule has 0 saturated carbocycles. The second kappa shape index (κ2) is 13.2. The highest BCUT2D eigenvalue weighted by Crippen LogP contribution is 2.24. The highest BCUT2D eigenvalue weighted by atomic mass is 127. The molecule has 8 heteroatoms. The average Bonchev–Trinajstić information content (AvgIpc) is 3.56. The second-order valence-corrected chi connectivity index (χ2v) is 7.86. The normalized spacial score (nSPS) is 15.0. The fourth-order valence-corrected chi connectivity index (χ4v) is 3.91. The molecular formula is C25H32IN5O2. The number of rotatable bonds is 9. The van der Waals surface area contributed by atoms with Crippen LogP contribution in [0.2, 0.25) is 0 Å². The number of aliphatic imine (C=N–C) groups is 1. The largest absolute Gasteiger partial charge is 0.473 e. The zero-order chi connectivity index (χ0) is 22.0. The van der Waals surface area contributed by atoms with Crippen molar-refractivity contribution < 1.29 is 9.15 Å². The van der Waals surface area contributed by atoms with Crippen LogP contribution in [0.5, 0.6) is 5.88 Å². The van der Waals surface area contributed by atoms with Crippen LogP contribution in [0.15, 0.2) is 76.5 Å². The first-order valence-corrected chi connectivity index (χ1v) is 11.2. The first-order valence-electron chi connectivity index (χ1n) is 11.2. The van der Waals surface area contributed by atoms with Gasteiger partial charge in [-0.1, -0.05) is 30.3 Å². The molecule has 1 fully saturated rings. The molecule has 1 aromatic carbocycles. The summed E-state index contributed by atoms with van der Waals surface area (Å²) in [7, 11) is 1.79. The van der Waals surface area contributed by atoms with Gasteiger partial charge in [-0.2, -0.15) is 0 Å². The van der Waals surface area contributed by atoms with Gasteiger partial charge in [0.2, 0.25) is 5.88 Å². The summed E-state index contributed by atoms with van der Waals surface area (Å²) >= 11 is 0. The van der Waals surface area contributed by atoms with Crippen LogP contribution in [0.3, 0.4) is 0 Å². The predicted molar refractivity (Wildman–Crippen MR) is 141 cm³/mol. The Hall–Kier alpha value is -2.59. The smallest absolute Gasteiger partial charge is 0.213 e. The van der Waals surface area contributed by atoms with Crippen molar-refractivity contribution in [2.75, 3.05) is 26.7 Å². The van der Waals surface area contributed by atoms with Crippen LogP contribution in [-0.4, -0.2) is 42.5 Å². The third-order valence-corrected chi connectivity index (χ3v) is 5.63. The second-order valence-electron chi connectivity index (χ2n) is 7.86. The lowest BCUT2D eigenvalue weighted by Crippen LogP contribution is -2.42. The molecule has 176 valence electrons. The summed E-state index contributed by atoms with van der Waals surface area (Å²) in [4.78, 5) is 11.2. The third kappa shape index (κ3) is 7.46. The van der Waals surface area contributed by atoms with Crippen LogP contribution in [0.25, 0.3) is 0 Å². The van der Waals surface area contributed by atoms with Gasteiger partial charge in [-0.25, -0.2) is 4.98 Å². The van der Waals surface area contributed by atoms with Crippen molar-refractivity contribution in [1.82, 2.24) is 20.5 Å². The van der Waals surface area contributed by atoms with Gasteiger partial charge < -0.3 is 19.8 Å². The molecule has 1 atom stereocenters. The van der Waals surface area contributed by atoms with E-state index in [0.717, 1.165) is 42.5 Å². The Labute approximate surface area is 212 Å². The van der Waals surface area contributed by atoms with E-state index in [1.807, 2.05) is 48.5 Å². The summed E-state index contributed by atoms with van der Waals surface area (Å²) in [6.45, 7) is 4.05. The van der Waals surface area contributed by atoms with Gasteiger partial charge in [-0.05, 0) is 55.3 Å². The predicted octanol–water partition coefficient (Wildman–Crippen LogP) is 4.37. The number of nitrogens with one attached hydrogen (secondary N) is 2. The number of nitrogens with zero attached hydrogens (tertiary/aromatic N) is 3. The van der Waals surface area contributed by atoms with Crippen LogP contribution in [-0.2, 0) is 13.2 Å². The van der Waals surface area contributed by atoms with Crippen LogP contribution < -0.4 is 15.4 Å². The maximum absolute atomic E-state index is 5.84. The third-order valence-electron chi connectivity index (χ3n) is 5.63. The molecule has 1 aliphatic rings. The van der Waals surface area contributed by atoms with Crippen LogP contribution >= 0.6 is 24.0 Å². The minimum Gasteiger partial charge on any atom is -0.473 e. The number of aromatic nitrogens is 1. The number of benzene rings is 1. The van der Waals surface area contributed by atoms with Crippen molar-refractivity contribution in [3.8, 4) is 5.88 Å². The highest BCUT2D eigenvalue weighted by molar-refractivity contribution is 14.0.